The number of amides is 1. The third-order valence-corrected chi connectivity index (χ3v) is 2.66. The Morgan fingerprint density at radius 3 is 2.76 bits per heavy atom. The van der Waals surface area contributed by atoms with Crippen molar-refractivity contribution in [2.24, 2.45) is 0 Å². The van der Waals surface area contributed by atoms with Crippen molar-refractivity contribution in [3.05, 3.63) is 30.2 Å². The Bertz CT molecular complexity index is 688. The molecule has 0 aromatic carbocycles. The number of nitrogens with zero attached hydrogens (tertiary/aromatic N) is 2. The van der Waals surface area contributed by atoms with Crippen LogP contribution in [0.4, 0.5) is 4.79 Å². The minimum Gasteiger partial charge on any atom is -0.444 e. The van der Waals surface area contributed by atoms with Gasteiger partial charge in [0, 0.05) is 12.4 Å². The average Bonchev–Trinajstić information content (AvgIpc) is 2.84. The van der Waals surface area contributed by atoms with E-state index < -0.39 is 11.7 Å². The second-order valence-electron chi connectivity index (χ2n) is 5.57. The molecule has 108 valence electrons. The van der Waals surface area contributed by atoms with Crippen molar-refractivity contribution in [2.45, 2.75) is 26.4 Å². The van der Waals surface area contributed by atoms with Gasteiger partial charge < -0.3 is 10.1 Å². The van der Waals surface area contributed by atoms with Crippen LogP contribution in [0.15, 0.2) is 24.5 Å². The number of pyridine rings is 1. The fourth-order valence-electron chi connectivity index (χ4n) is 1.82. The highest BCUT2D eigenvalue weighted by molar-refractivity contribution is 6.36. The molecular weight excluding hydrogens is 269 g/mol. The summed E-state index contributed by atoms with van der Waals surface area (Å²) in [7, 11) is 5.78. The molecule has 0 atom stereocenters. The number of ether oxygens (including phenoxy) is 1. The summed E-state index contributed by atoms with van der Waals surface area (Å²) in [5.74, 6) is -0.260. The Morgan fingerprint density at radius 1 is 1.38 bits per heavy atom. The molecule has 0 spiro atoms. The van der Waals surface area contributed by atoms with E-state index in [1.54, 1.807) is 49.7 Å². The van der Waals surface area contributed by atoms with Gasteiger partial charge >= 0.3 is 6.09 Å². The standard InChI is InChI=1S/C14H16BN3O3/c1-14(2,3)21-13(20)17-8-11(19)10-5-4-9(15)12-16-6-7-18(10)12/h4-7H,8H2,1-3H3,(H,17,20). The molecule has 2 aromatic heterocycles. The molecule has 2 radical (unpaired) electrons. The highest BCUT2D eigenvalue weighted by atomic mass is 16.6. The van der Waals surface area contributed by atoms with E-state index in [1.807, 2.05) is 0 Å². The first-order chi connectivity index (χ1) is 9.78. The lowest BCUT2D eigenvalue weighted by atomic mass is 9.97. The van der Waals surface area contributed by atoms with Crippen molar-refractivity contribution in [3.63, 3.8) is 0 Å². The van der Waals surface area contributed by atoms with Crippen molar-refractivity contribution in [2.75, 3.05) is 6.54 Å². The number of aromatic nitrogens is 2. The predicted octanol–water partition coefficient (Wildman–Crippen LogP) is 0.835. The molecule has 6 nitrogen and oxygen atoms in total. The Hall–Kier alpha value is -2.31. The Labute approximate surface area is 123 Å². The molecular formula is C14H16BN3O3. The number of fused-ring (bicyclic) bond motifs is 1. The second kappa shape index (κ2) is 5.59. The van der Waals surface area contributed by atoms with E-state index >= 15 is 0 Å². The summed E-state index contributed by atoms with van der Waals surface area (Å²) in [6.07, 6.45) is 2.57. The van der Waals surface area contributed by atoms with E-state index in [1.165, 1.54) is 0 Å². The molecule has 0 saturated carbocycles. The fraction of sp³-hybridized carbons (Fsp3) is 0.357. The summed E-state index contributed by atoms with van der Waals surface area (Å²) in [5, 5.41) is 2.43. The summed E-state index contributed by atoms with van der Waals surface area (Å²) in [6, 6.07) is 3.21. The van der Waals surface area contributed by atoms with E-state index in [0.717, 1.165) is 0 Å². The topological polar surface area (TPSA) is 72.7 Å². The number of hydrogen-bond donors (Lipinski definition) is 1. The van der Waals surface area contributed by atoms with Crippen molar-refractivity contribution >= 4 is 30.8 Å². The van der Waals surface area contributed by atoms with Crippen molar-refractivity contribution in [1.29, 1.82) is 0 Å². The Morgan fingerprint density at radius 2 is 2.10 bits per heavy atom. The number of imidazole rings is 1. The van der Waals surface area contributed by atoms with Gasteiger partial charge in [0.1, 0.15) is 19.1 Å². The van der Waals surface area contributed by atoms with Crippen LogP contribution in [0.2, 0.25) is 0 Å². The summed E-state index contributed by atoms with van der Waals surface area (Å²) in [6.45, 7) is 5.10. The van der Waals surface area contributed by atoms with Crippen LogP contribution >= 0.6 is 0 Å². The SMILES string of the molecule is [B]c1ccc(C(=O)CNC(=O)OC(C)(C)C)n2ccnc12. The molecule has 2 rings (SSSR count). The third-order valence-electron chi connectivity index (χ3n) is 2.66. The highest BCUT2D eigenvalue weighted by Gasteiger charge is 2.18. The second-order valence-corrected chi connectivity index (χ2v) is 5.57. The van der Waals surface area contributed by atoms with Gasteiger partial charge in [0.2, 0.25) is 0 Å². The fourth-order valence-corrected chi connectivity index (χ4v) is 1.82. The summed E-state index contributed by atoms with van der Waals surface area (Å²) >= 11 is 0. The largest absolute Gasteiger partial charge is 0.444 e. The van der Waals surface area contributed by atoms with E-state index in [9.17, 15) is 9.59 Å². The molecule has 21 heavy (non-hydrogen) atoms. The van der Waals surface area contributed by atoms with Gasteiger partial charge in [-0.1, -0.05) is 11.5 Å². The molecule has 1 amide bonds. The van der Waals surface area contributed by atoms with E-state index in [2.05, 4.69) is 10.3 Å². The Balaban J connectivity index is 2.08. The van der Waals surface area contributed by atoms with Crippen molar-refractivity contribution in [3.8, 4) is 0 Å². The van der Waals surface area contributed by atoms with Gasteiger partial charge in [-0.05, 0) is 26.8 Å². The minimum atomic E-state index is -0.631. The molecule has 1 N–H and O–H groups in total. The van der Waals surface area contributed by atoms with E-state index in [0.29, 0.717) is 16.8 Å². The molecule has 0 aliphatic carbocycles. The van der Waals surface area contributed by atoms with Crippen LogP contribution < -0.4 is 10.8 Å². The van der Waals surface area contributed by atoms with Gasteiger partial charge in [-0.3, -0.25) is 9.20 Å². The van der Waals surface area contributed by atoms with Gasteiger partial charge in [0.15, 0.2) is 5.78 Å². The van der Waals surface area contributed by atoms with Gasteiger partial charge in [-0.15, -0.1) is 0 Å². The number of Topliss-reactive ketones (excluding diaryl/α,β-unsaturated/α-hetero) is 1. The first kappa shape index (κ1) is 15.1. The van der Waals surface area contributed by atoms with Crippen LogP contribution in [0, 0.1) is 0 Å². The zero-order valence-corrected chi connectivity index (χ0v) is 12.2. The number of carbonyl (C=O) groups is 2. The van der Waals surface area contributed by atoms with E-state index in [-0.39, 0.29) is 12.3 Å². The lowest BCUT2D eigenvalue weighted by molar-refractivity contribution is 0.0520. The van der Waals surface area contributed by atoms with E-state index in [4.69, 9.17) is 12.6 Å². The number of nitrogens with one attached hydrogen (secondary N) is 1. The van der Waals surface area contributed by atoms with Crippen molar-refractivity contribution in [1.82, 2.24) is 14.7 Å². The minimum absolute atomic E-state index is 0.161. The highest BCUT2D eigenvalue weighted by Crippen LogP contribution is 2.07. The Kier molecular flexibility index (Phi) is 4.02. The summed E-state index contributed by atoms with van der Waals surface area (Å²) < 4.78 is 6.67. The number of alkyl carbamates (subject to hydrolysis) is 1. The van der Waals surface area contributed by atoms with Crippen LogP contribution in [0.1, 0.15) is 31.3 Å². The maximum atomic E-state index is 12.2. The molecule has 0 unspecified atom stereocenters. The zero-order chi connectivity index (χ0) is 15.6. The average molecular weight is 285 g/mol. The molecule has 0 saturated heterocycles. The lowest BCUT2D eigenvalue weighted by Crippen LogP contribution is -2.36. The number of rotatable bonds is 3. The quantitative estimate of drug-likeness (QED) is 0.670. The maximum Gasteiger partial charge on any atom is 0.408 e. The molecule has 0 bridgehead atoms. The normalized spacial score (nSPS) is 11.4. The number of carbonyl (C=O) groups excluding carboxylic acids is 2. The van der Waals surface area contributed by atoms with Crippen LogP contribution in [0.3, 0.4) is 0 Å². The van der Waals surface area contributed by atoms with Crippen LogP contribution in [-0.2, 0) is 4.74 Å². The lowest BCUT2D eigenvalue weighted by Gasteiger charge is -2.19. The first-order valence-corrected chi connectivity index (χ1v) is 6.49. The van der Waals surface area contributed by atoms with Crippen LogP contribution in [0.5, 0.6) is 0 Å². The van der Waals surface area contributed by atoms with Crippen LogP contribution in [0.25, 0.3) is 5.65 Å². The van der Waals surface area contributed by atoms with Gasteiger partial charge in [0.25, 0.3) is 0 Å². The molecule has 0 fully saturated rings. The molecule has 0 aliphatic heterocycles. The predicted molar refractivity (Wildman–Crippen MR) is 79.1 cm³/mol. The molecule has 2 heterocycles. The number of ketones is 1. The molecule has 0 aliphatic rings. The van der Waals surface area contributed by atoms with Crippen LogP contribution in [-0.4, -0.2) is 41.3 Å². The monoisotopic (exact) mass is 285 g/mol. The van der Waals surface area contributed by atoms with Crippen molar-refractivity contribution < 1.29 is 14.3 Å². The number of hydrogen-bond acceptors (Lipinski definition) is 4. The maximum absolute atomic E-state index is 12.2. The van der Waals surface area contributed by atoms with Gasteiger partial charge in [0.05, 0.1) is 12.2 Å². The van der Waals surface area contributed by atoms with Gasteiger partial charge in [-0.25, -0.2) is 9.78 Å². The van der Waals surface area contributed by atoms with Gasteiger partial charge in [-0.2, -0.15) is 0 Å². The first-order valence-electron chi connectivity index (χ1n) is 6.49. The smallest absolute Gasteiger partial charge is 0.408 e. The summed E-state index contributed by atoms with van der Waals surface area (Å²) in [5.41, 5.74) is 0.786. The summed E-state index contributed by atoms with van der Waals surface area (Å²) in [4.78, 5) is 27.8. The third kappa shape index (κ3) is 3.62. The zero-order valence-electron chi connectivity index (χ0n) is 12.2. The molecule has 2 aromatic rings. The molecule has 7 heteroatoms.